The Morgan fingerprint density at radius 2 is 1.67 bits per heavy atom. The van der Waals surface area contributed by atoms with Crippen LogP contribution in [0.3, 0.4) is 0 Å². The Morgan fingerprint density at radius 3 is 2.22 bits per heavy atom. The third kappa shape index (κ3) is 2.91. The molecular weight excluding hydrogens is 222 g/mol. The van der Waals surface area contributed by atoms with E-state index in [0.29, 0.717) is 18.6 Å². The number of rotatable bonds is 3. The monoisotopic (exact) mass is 247 g/mol. The van der Waals surface area contributed by atoms with Crippen LogP contribution in [-0.2, 0) is 13.1 Å². The lowest BCUT2D eigenvalue weighted by Gasteiger charge is -2.42. The fourth-order valence-electron chi connectivity index (χ4n) is 2.79. The summed E-state index contributed by atoms with van der Waals surface area (Å²) in [5, 5.41) is 0. The van der Waals surface area contributed by atoms with E-state index in [1.165, 1.54) is 11.1 Å². The van der Waals surface area contributed by atoms with Crippen LogP contribution in [0.2, 0.25) is 0 Å². The molecule has 1 saturated heterocycles. The molecule has 0 radical (unpaired) electrons. The topological polar surface area (TPSA) is 32.5 Å². The largest absolute Gasteiger partial charge is 0.326 e. The molecule has 1 aromatic carbocycles. The number of hydrogen-bond acceptors (Lipinski definition) is 3. The Hall–Kier alpha value is -0.900. The maximum Gasteiger partial charge on any atom is 0.0238 e. The minimum atomic E-state index is 0.624. The summed E-state index contributed by atoms with van der Waals surface area (Å²) in [5.74, 6) is 0. The van der Waals surface area contributed by atoms with E-state index in [9.17, 15) is 0 Å². The Bertz CT molecular complexity index is 379. The molecule has 3 heteroatoms. The number of likely N-dealkylation sites (N-methyl/N-ethyl adjacent to an activating group) is 1. The zero-order valence-electron chi connectivity index (χ0n) is 11.8. The van der Waals surface area contributed by atoms with Gasteiger partial charge in [-0.3, -0.25) is 9.80 Å². The van der Waals surface area contributed by atoms with Crippen molar-refractivity contribution in [2.75, 3.05) is 20.1 Å². The van der Waals surface area contributed by atoms with Gasteiger partial charge in [0.2, 0.25) is 0 Å². The molecule has 18 heavy (non-hydrogen) atoms. The summed E-state index contributed by atoms with van der Waals surface area (Å²) in [7, 11) is 2.22. The van der Waals surface area contributed by atoms with Crippen LogP contribution in [0.5, 0.6) is 0 Å². The van der Waals surface area contributed by atoms with Crippen molar-refractivity contribution in [2.45, 2.75) is 39.0 Å². The summed E-state index contributed by atoms with van der Waals surface area (Å²) in [5.41, 5.74) is 8.46. The van der Waals surface area contributed by atoms with E-state index < -0.39 is 0 Å². The first-order chi connectivity index (χ1) is 8.61. The quantitative estimate of drug-likeness (QED) is 0.882. The van der Waals surface area contributed by atoms with Crippen molar-refractivity contribution in [3.63, 3.8) is 0 Å². The fourth-order valence-corrected chi connectivity index (χ4v) is 2.79. The van der Waals surface area contributed by atoms with Crippen molar-refractivity contribution in [1.82, 2.24) is 9.80 Å². The summed E-state index contributed by atoms with van der Waals surface area (Å²) in [6.45, 7) is 8.54. The number of benzene rings is 1. The van der Waals surface area contributed by atoms with Gasteiger partial charge in [-0.1, -0.05) is 24.3 Å². The zero-order chi connectivity index (χ0) is 13.1. The molecule has 100 valence electrons. The average molecular weight is 247 g/mol. The van der Waals surface area contributed by atoms with E-state index in [4.69, 9.17) is 5.73 Å². The van der Waals surface area contributed by atoms with Crippen molar-refractivity contribution >= 4 is 0 Å². The molecule has 1 fully saturated rings. The second-order valence-electron chi connectivity index (χ2n) is 5.53. The molecular formula is C15H25N3. The van der Waals surface area contributed by atoms with Gasteiger partial charge in [0.25, 0.3) is 0 Å². The summed E-state index contributed by atoms with van der Waals surface area (Å²) in [6, 6.07) is 9.77. The van der Waals surface area contributed by atoms with E-state index in [-0.39, 0.29) is 0 Å². The number of nitrogens with two attached hydrogens (primary N) is 1. The van der Waals surface area contributed by atoms with Crippen LogP contribution in [0.1, 0.15) is 25.0 Å². The molecule has 2 unspecified atom stereocenters. The molecule has 0 aromatic heterocycles. The highest BCUT2D eigenvalue weighted by molar-refractivity contribution is 5.26. The lowest BCUT2D eigenvalue weighted by molar-refractivity contribution is 0.0555. The maximum atomic E-state index is 5.81. The lowest BCUT2D eigenvalue weighted by Crippen LogP contribution is -2.54. The van der Waals surface area contributed by atoms with E-state index in [1.807, 2.05) is 0 Å². The molecule has 1 aliphatic heterocycles. The minimum Gasteiger partial charge on any atom is -0.326 e. The third-order valence-corrected chi connectivity index (χ3v) is 4.17. The molecule has 2 rings (SSSR count). The molecule has 2 atom stereocenters. The summed E-state index contributed by atoms with van der Waals surface area (Å²) < 4.78 is 0. The van der Waals surface area contributed by atoms with Gasteiger partial charge >= 0.3 is 0 Å². The van der Waals surface area contributed by atoms with Crippen molar-refractivity contribution in [3.05, 3.63) is 35.4 Å². The number of nitrogens with zero attached hydrogens (tertiary/aromatic N) is 2. The predicted molar refractivity (Wildman–Crippen MR) is 76.3 cm³/mol. The van der Waals surface area contributed by atoms with Crippen LogP contribution < -0.4 is 5.73 Å². The Morgan fingerprint density at radius 1 is 1.11 bits per heavy atom. The van der Waals surface area contributed by atoms with Crippen molar-refractivity contribution in [3.8, 4) is 0 Å². The van der Waals surface area contributed by atoms with Gasteiger partial charge < -0.3 is 5.73 Å². The van der Waals surface area contributed by atoms with Gasteiger partial charge in [0.05, 0.1) is 0 Å². The predicted octanol–water partition coefficient (Wildman–Crippen LogP) is 1.67. The maximum absolute atomic E-state index is 5.81. The van der Waals surface area contributed by atoms with Crippen LogP contribution in [-0.4, -0.2) is 42.0 Å². The van der Waals surface area contributed by atoms with Crippen LogP contribution in [0.4, 0.5) is 0 Å². The molecule has 2 N–H and O–H groups in total. The van der Waals surface area contributed by atoms with Crippen LogP contribution in [0.15, 0.2) is 24.3 Å². The molecule has 1 aromatic rings. The molecule has 0 aliphatic carbocycles. The number of piperazine rings is 1. The van der Waals surface area contributed by atoms with E-state index >= 15 is 0 Å². The second-order valence-corrected chi connectivity index (χ2v) is 5.53. The van der Waals surface area contributed by atoms with Crippen molar-refractivity contribution in [1.29, 1.82) is 0 Å². The molecule has 1 aliphatic rings. The van der Waals surface area contributed by atoms with Gasteiger partial charge in [-0.05, 0) is 32.0 Å². The van der Waals surface area contributed by atoms with E-state index in [2.05, 4.69) is 55.0 Å². The van der Waals surface area contributed by atoms with Crippen molar-refractivity contribution in [2.24, 2.45) is 5.73 Å². The van der Waals surface area contributed by atoms with Crippen LogP contribution >= 0.6 is 0 Å². The minimum absolute atomic E-state index is 0.624. The Balaban J connectivity index is 2.05. The van der Waals surface area contributed by atoms with Gasteiger partial charge in [-0.25, -0.2) is 0 Å². The highest BCUT2D eigenvalue weighted by Gasteiger charge is 2.26. The smallest absolute Gasteiger partial charge is 0.0238 e. The van der Waals surface area contributed by atoms with Gasteiger partial charge in [-0.2, -0.15) is 0 Å². The lowest BCUT2D eigenvalue weighted by atomic mass is 10.0. The number of hydrogen-bond donors (Lipinski definition) is 1. The van der Waals surface area contributed by atoms with Crippen molar-refractivity contribution < 1.29 is 0 Å². The molecule has 0 spiro atoms. The SMILES string of the molecule is CC1CN(Cc2ccccc2CN)CC(C)N1C. The molecule has 3 nitrogen and oxygen atoms in total. The molecule has 1 heterocycles. The van der Waals surface area contributed by atoms with Gasteiger partial charge in [0.15, 0.2) is 0 Å². The van der Waals surface area contributed by atoms with Gasteiger partial charge in [0, 0.05) is 38.3 Å². The molecule has 0 bridgehead atoms. The first-order valence-corrected chi connectivity index (χ1v) is 6.83. The summed E-state index contributed by atoms with van der Waals surface area (Å²) in [4.78, 5) is 5.01. The zero-order valence-corrected chi connectivity index (χ0v) is 11.8. The van der Waals surface area contributed by atoms with Crippen LogP contribution in [0, 0.1) is 0 Å². The standard InChI is InChI=1S/C15H25N3/c1-12-9-18(10-13(2)17(12)3)11-15-7-5-4-6-14(15)8-16/h4-7,12-13H,8-11,16H2,1-3H3. The first kappa shape index (κ1) is 13.5. The second kappa shape index (κ2) is 5.83. The van der Waals surface area contributed by atoms with Gasteiger partial charge in [-0.15, -0.1) is 0 Å². The van der Waals surface area contributed by atoms with Crippen LogP contribution in [0.25, 0.3) is 0 Å². The first-order valence-electron chi connectivity index (χ1n) is 6.83. The average Bonchev–Trinajstić information content (AvgIpc) is 2.36. The van der Waals surface area contributed by atoms with Gasteiger partial charge in [0.1, 0.15) is 0 Å². The fraction of sp³-hybridized carbons (Fsp3) is 0.600. The third-order valence-electron chi connectivity index (χ3n) is 4.17. The Labute approximate surface area is 111 Å². The molecule has 0 amide bonds. The Kier molecular flexibility index (Phi) is 4.38. The summed E-state index contributed by atoms with van der Waals surface area (Å²) in [6.07, 6.45) is 0. The molecule has 0 saturated carbocycles. The highest BCUT2D eigenvalue weighted by atomic mass is 15.3. The van der Waals surface area contributed by atoms with E-state index in [0.717, 1.165) is 19.6 Å². The van der Waals surface area contributed by atoms with E-state index in [1.54, 1.807) is 0 Å². The summed E-state index contributed by atoms with van der Waals surface area (Å²) >= 11 is 0. The highest BCUT2D eigenvalue weighted by Crippen LogP contribution is 2.17. The normalized spacial score (nSPS) is 26.4.